The van der Waals surface area contributed by atoms with E-state index in [1.807, 2.05) is 4.90 Å². The van der Waals surface area contributed by atoms with E-state index in [0.717, 1.165) is 17.7 Å². The summed E-state index contributed by atoms with van der Waals surface area (Å²) in [6, 6.07) is 5.30. The van der Waals surface area contributed by atoms with Crippen LogP contribution in [0.3, 0.4) is 0 Å². The molecule has 1 aromatic heterocycles. The highest BCUT2D eigenvalue weighted by Crippen LogP contribution is 2.26. The second-order valence-electron chi connectivity index (χ2n) is 5.07. The van der Waals surface area contributed by atoms with Crippen molar-refractivity contribution in [1.82, 2.24) is 14.9 Å². The summed E-state index contributed by atoms with van der Waals surface area (Å²) < 4.78 is 13.0. The number of halogens is 1. The van der Waals surface area contributed by atoms with Crippen LogP contribution in [0.15, 0.2) is 36.8 Å². The van der Waals surface area contributed by atoms with E-state index in [2.05, 4.69) is 9.97 Å². The molecular formula is C15H15FN4O. The van der Waals surface area contributed by atoms with E-state index in [1.54, 1.807) is 18.3 Å². The molecule has 0 fully saturated rings. The van der Waals surface area contributed by atoms with Gasteiger partial charge in [0.1, 0.15) is 18.2 Å². The highest BCUT2D eigenvalue weighted by atomic mass is 19.1. The van der Waals surface area contributed by atoms with Crippen LogP contribution in [0.25, 0.3) is 0 Å². The van der Waals surface area contributed by atoms with Gasteiger partial charge < -0.3 is 5.73 Å². The number of nitrogens with two attached hydrogens (primary N) is 1. The van der Waals surface area contributed by atoms with Crippen molar-refractivity contribution in [3.8, 4) is 0 Å². The zero-order chi connectivity index (χ0) is 14.8. The van der Waals surface area contributed by atoms with Crippen LogP contribution in [0.5, 0.6) is 0 Å². The molecule has 2 aromatic rings. The van der Waals surface area contributed by atoms with Gasteiger partial charge in [-0.15, -0.1) is 0 Å². The van der Waals surface area contributed by atoms with Gasteiger partial charge in [0, 0.05) is 19.3 Å². The lowest BCUT2D eigenvalue weighted by Crippen LogP contribution is -2.41. The van der Waals surface area contributed by atoms with Crippen LogP contribution in [-0.2, 0) is 17.8 Å². The zero-order valence-electron chi connectivity index (χ0n) is 11.4. The lowest BCUT2D eigenvalue weighted by molar-refractivity contribution is -0.123. The standard InChI is InChI=1S/C15H15FN4O/c16-12-3-1-10(2-4-12)14(15(17)21)20-6-5-11-7-18-9-19-13(11)8-20/h1-4,7,9,14H,5-6,8H2,(H2,17,21). The molecule has 0 aliphatic carbocycles. The summed E-state index contributed by atoms with van der Waals surface area (Å²) in [5.41, 5.74) is 8.25. The van der Waals surface area contributed by atoms with Gasteiger partial charge in [-0.1, -0.05) is 12.1 Å². The Morgan fingerprint density at radius 1 is 1.33 bits per heavy atom. The summed E-state index contributed by atoms with van der Waals surface area (Å²) in [5, 5.41) is 0. The van der Waals surface area contributed by atoms with Crippen LogP contribution < -0.4 is 5.73 Å². The molecular weight excluding hydrogens is 271 g/mol. The molecule has 1 aliphatic heterocycles. The molecule has 5 nitrogen and oxygen atoms in total. The van der Waals surface area contributed by atoms with Crippen molar-refractivity contribution in [3.63, 3.8) is 0 Å². The van der Waals surface area contributed by atoms with Crippen LogP contribution in [0.4, 0.5) is 4.39 Å². The third-order valence-electron chi connectivity index (χ3n) is 3.72. The van der Waals surface area contributed by atoms with Crippen molar-refractivity contribution in [1.29, 1.82) is 0 Å². The molecule has 0 saturated carbocycles. The quantitative estimate of drug-likeness (QED) is 0.920. The van der Waals surface area contributed by atoms with Crippen molar-refractivity contribution in [3.05, 3.63) is 59.4 Å². The van der Waals surface area contributed by atoms with E-state index in [9.17, 15) is 9.18 Å². The predicted molar refractivity (Wildman–Crippen MR) is 74.5 cm³/mol. The van der Waals surface area contributed by atoms with Gasteiger partial charge in [-0.3, -0.25) is 9.69 Å². The summed E-state index contributed by atoms with van der Waals surface area (Å²) >= 11 is 0. The molecule has 108 valence electrons. The summed E-state index contributed by atoms with van der Waals surface area (Å²) in [6.45, 7) is 1.22. The lowest BCUT2D eigenvalue weighted by Gasteiger charge is -2.33. The molecule has 1 unspecified atom stereocenters. The summed E-state index contributed by atoms with van der Waals surface area (Å²) in [5.74, 6) is -0.780. The van der Waals surface area contributed by atoms with Crippen molar-refractivity contribution < 1.29 is 9.18 Å². The molecule has 1 atom stereocenters. The fourth-order valence-corrected chi connectivity index (χ4v) is 2.69. The maximum absolute atomic E-state index is 13.0. The molecule has 2 heterocycles. The first-order chi connectivity index (χ1) is 10.1. The van der Waals surface area contributed by atoms with Crippen LogP contribution in [0.1, 0.15) is 22.9 Å². The third-order valence-corrected chi connectivity index (χ3v) is 3.72. The molecule has 3 rings (SSSR count). The first-order valence-electron chi connectivity index (χ1n) is 6.72. The number of hydrogen-bond acceptors (Lipinski definition) is 4. The van der Waals surface area contributed by atoms with Gasteiger partial charge in [-0.05, 0) is 29.7 Å². The Balaban J connectivity index is 1.89. The molecule has 2 N–H and O–H groups in total. The van der Waals surface area contributed by atoms with Gasteiger partial charge in [0.25, 0.3) is 0 Å². The highest BCUT2D eigenvalue weighted by Gasteiger charge is 2.29. The maximum atomic E-state index is 13.0. The van der Waals surface area contributed by atoms with Gasteiger partial charge in [0.15, 0.2) is 0 Å². The minimum absolute atomic E-state index is 0.335. The first-order valence-corrected chi connectivity index (χ1v) is 6.72. The van der Waals surface area contributed by atoms with Crippen LogP contribution in [0, 0.1) is 5.82 Å². The van der Waals surface area contributed by atoms with E-state index in [1.165, 1.54) is 18.5 Å². The van der Waals surface area contributed by atoms with E-state index < -0.39 is 11.9 Å². The van der Waals surface area contributed by atoms with Gasteiger partial charge in [0.05, 0.1) is 5.69 Å². The highest BCUT2D eigenvalue weighted by molar-refractivity contribution is 5.81. The summed E-state index contributed by atoms with van der Waals surface area (Å²) in [7, 11) is 0. The minimum atomic E-state index is -0.575. The number of nitrogens with zero attached hydrogens (tertiary/aromatic N) is 3. The topological polar surface area (TPSA) is 72.1 Å². The second-order valence-corrected chi connectivity index (χ2v) is 5.07. The van der Waals surface area contributed by atoms with E-state index >= 15 is 0 Å². The van der Waals surface area contributed by atoms with Crippen LogP contribution in [-0.4, -0.2) is 27.3 Å². The van der Waals surface area contributed by atoms with Crippen molar-refractivity contribution >= 4 is 5.91 Å². The predicted octanol–water partition coefficient (Wildman–Crippen LogP) is 1.20. The smallest absolute Gasteiger partial charge is 0.239 e. The van der Waals surface area contributed by atoms with Gasteiger partial charge in [-0.2, -0.15) is 0 Å². The van der Waals surface area contributed by atoms with Crippen LogP contribution >= 0.6 is 0 Å². The SMILES string of the molecule is NC(=O)C(c1ccc(F)cc1)N1CCc2cncnc2C1. The Bertz CT molecular complexity index is 659. The Kier molecular flexibility index (Phi) is 3.62. The molecule has 6 heteroatoms. The number of benzene rings is 1. The average molecular weight is 286 g/mol. The van der Waals surface area contributed by atoms with Gasteiger partial charge >= 0.3 is 0 Å². The van der Waals surface area contributed by atoms with E-state index in [0.29, 0.717) is 18.7 Å². The Morgan fingerprint density at radius 3 is 2.81 bits per heavy atom. The molecule has 1 amide bonds. The monoisotopic (exact) mass is 286 g/mol. The normalized spacial score (nSPS) is 16.2. The third kappa shape index (κ3) is 2.75. The molecule has 0 spiro atoms. The van der Waals surface area contributed by atoms with Crippen molar-refractivity contribution in [2.45, 2.75) is 19.0 Å². The lowest BCUT2D eigenvalue weighted by atomic mass is 10.00. The number of amides is 1. The van der Waals surface area contributed by atoms with Crippen molar-refractivity contribution in [2.24, 2.45) is 5.73 Å². The molecule has 1 aromatic carbocycles. The Labute approximate surface area is 121 Å². The van der Waals surface area contributed by atoms with Crippen molar-refractivity contribution in [2.75, 3.05) is 6.54 Å². The molecule has 1 aliphatic rings. The zero-order valence-corrected chi connectivity index (χ0v) is 11.4. The molecule has 21 heavy (non-hydrogen) atoms. The number of hydrogen-bond donors (Lipinski definition) is 1. The second kappa shape index (κ2) is 5.57. The number of carbonyl (C=O) groups is 1. The molecule has 0 saturated heterocycles. The summed E-state index contributed by atoms with van der Waals surface area (Å²) in [6.07, 6.45) is 4.07. The molecule has 0 bridgehead atoms. The minimum Gasteiger partial charge on any atom is -0.368 e. The number of carbonyl (C=O) groups excluding carboxylic acids is 1. The number of rotatable bonds is 3. The van der Waals surface area contributed by atoms with Gasteiger partial charge in [0.2, 0.25) is 5.91 Å². The fraction of sp³-hybridized carbons (Fsp3) is 0.267. The number of fused-ring (bicyclic) bond motifs is 1. The Morgan fingerprint density at radius 2 is 2.10 bits per heavy atom. The number of primary amides is 1. The fourth-order valence-electron chi connectivity index (χ4n) is 2.69. The number of aromatic nitrogens is 2. The van der Waals surface area contributed by atoms with E-state index in [4.69, 9.17) is 5.73 Å². The Hall–Kier alpha value is -2.34. The molecule has 0 radical (unpaired) electrons. The largest absolute Gasteiger partial charge is 0.368 e. The summed E-state index contributed by atoms with van der Waals surface area (Å²) in [4.78, 5) is 22.1. The first kappa shape index (κ1) is 13.6. The van der Waals surface area contributed by atoms with Gasteiger partial charge in [-0.25, -0.2) is 14.4 Å². The van der Waals surface area contributed by atoms with Crippen LogP contribution in [0.2, 0.25) is 0 Å². The maximum Gasteiger partial charge on any atom is 0.239 e. The van der Waals surface area contributed by atoms with E-state index in [-0.39, 0.29) is 5.82 Å². The average Bonchev–Trinajstić information content (AvgIpc) is 2.49.